The lowest BCUT2D eigenvalue weighted by Crippen LogP contribution is -2.46. The Morgan fingerprint density at radius 3 is 2.80 bits per heavy atom. The van der Waals surface area contributed by atoms with Crippen LogP contribution in [0.2, 0.25) is 0 Å². The minimum Gasteiger partial charge on any atom is -0.313 e. The molecule has 15 heavy (non-hydrogen) atoms. The smallest absolute Gasteiger partial charge is 0.0166 e. The molecule has 0 aromatic carbocycles. The summed E-state index contributed by atoms with van der Waals surface area (Å²) in [5.41, 5.74) is 0. The van der Waals surface area contributed by atoms with Crippen molar-refractivity contribution < 1.29 is 0 Å². The van der Waals surface area contributed by atoms with E-state index in [0.717, 1.165) is 12.6 Å². The fourth-order valence-corrected chi connectivity index (χ4v) is 2.73. The van der Waals surface area contributed by atoms with E-state index in [0.29, 0.717) is 6.04 Å². The highest BCUT2D eigenvalue weighted by Crippen LogP contribution is 2.20. The molecule has 0 saturated carbocycles. The minimum absolute atomic E-state index is 0.646. The quantitative estimate of drug-likeness (QED) is 0.728. The largest absolute Gasteiger partial charge is 0.313 e. The van der Waals surface area contributed by atoms with Gasteiger partial charge >= 0.3 is 0 Å². The van der Waals surface area contributed by atoms with Crippen molar-refractivity contribution in [3.05, 3.63) is 0 Å². The average molecular weight is 212 g/mol. The van der Waals surface area contributed by atoms with Gasteiger partial charge in [-0.2, -0.15) is 0 Å². The lowest BCUT2D eigenvalue weighted by atomic mass is 9.98. The van der Waals surface area contributed by atoms with Crippen LogP contribution in [0, 0.1) is 0 Å². The summed E-state index contributed by atoms with van der Waals surface area (Å²) >= 11 is 0. The first-order valence-corrected chi connectivity index (χ1v) is 6.75. The topological polar surface area (TPSA) is 15.3 Å². The maximum Gasteiger partial charge on any atom is 0.0166 e. The third kappa shape index (κ3) is 4.52. The standard InChI is InChI=1S/C13H28N2/c1-4-8-13-9-6-7-10-15(13)11-12(3)14-5-2/h12-14H,4-11H2,1-3H3. The van der Waals surface area contributed by atoms with Gasteiger partial charge in [-0.05, 0) is 39.3 Å². The molecule has 2 nitrogen and oxygen atoms in total. The lowest BCUT2D eigenvalue weighted by Gasteiger charge is -2.37. The zero-order valence-corrected chi connectivity index (χ0v) is 10.8. The summed E-state index contributed by atoms with van der Waals surface area (Å²) in [6.07, 6.45) is 6.98. The zero-order chi connectivity index (χ0) is 11.1. The van der Waals surface area contributed by atoms with E-state index in [1.807, 2.05) is 0 Å². The first-order valence-electron chi connectivity index (χ1n) is 6.75. The van der Waals surface area contributed by atoms with Crippen LogP contribution in [-0.2, 0) is 0 Å². The molecule has 0 spiro atoms. The number of nitrogens with zero attached hydrogens (tertiary/aromatic N) is 1. The fourth-order valence-electron chi connectivity index (χ4n) is 2.73. The predicted molar refractivity (Wildman–Crippen MR) is 67.3 cm³/mol. The molecule has 1 fully saturated rings. The van der Waals surface area contributed by atoms with Crippen LogP contribution in [0.4, 0.5) is 0 Å². The van der Waals surface area contributed by atoms with Gasteiger partial charge in [-0.1, -0.05) is 26.7 Å². The second-order valence-electron chi connectivity index (χ2n) is 4.89. The summed E-state index contributed by atoms with van der Waals surface area (Å²) < 4.78 is 0. The second kappa shape index (κ2) is 7.24. The summed E-state index contributed by atoms with van der Waals surface area (Å²) in [6.45, 7) is 10.4. The Hall–Kier alpha value is -0.0800. The molecule has 2 unspecified atom stereocenters. The van der Waals surface area contributed by atoms with Gasteiger partial charge in [-0.25, -0.2) is 0 Å². The molecular weight excluding hydrogens is 184 g/mol. The first kappa shape index (κ1) is 13.0. The van der Waals surface area contributed by atoms with Crippen molar-refractivity contribution in [2.24, 2.45) is 0 Å². The summed E-state index contributed by atoms with van der Waals surface area (Å²) in [5.74, 6) is 0. The van der Waals surface area contributed by atoms with E-state index in [4.69, 9.17) is 0 Å². The number of hydrogen-bond acceptors (Lipinski definition) is 2. The molecule has 1 saturated heterocycles. The van der Waals surface area contributed by atoms with Crippen LogP contribution >= 0.6 is 0 Å². The monoisotopic (exact) mass is 212 g/mol. The van der Waals surface area contributed by atoms with Gasteiger partial charge in [0, 0.05) is 18.6 Å². The van der Waals surface area contributed by atoms with E-state index in [2.05, 4.69) is 31.0 Å². The molecule has 0 aromatic heterocycles. The molecular formula is C13H28N2. The molecule has 2 heteroatoms. The Morgan fingerprint density at radius 2 is 2.13 bits per heavy atom. The van der Waals surface area contributed by atoms with Gasteiger partial charge in [0.2, 0.25) is 0 Å². The van der Waals surface area contributed by atoms with Gasteiger partial charge in [0.25, 0.3) is 0 Å². The highest BCUT2D eigenvalue weighted by Gasteiger charge is 2.22. The Morgan fingerprint density at radius 1 is 1.33 bits per heavy atom. The maximum absolute atomic E-state index is 3.51. The van der Waals surface area contributed by atoms with Gasteiger partial charge in [-0.15, -0.1) is 0 Å². The zero-order valence-electron chi connectivity index (χ0n) is 10.8. The average Bonchev–Trinajstić information content (AvgIpc) is 2.21. The molecule has 1 N–H and O–H groups in total. The van der Waals surface area contributed by atoms with Crippen molar-refractivity contribution in [2.75, 3.05) is 19.6 Å². The van der Waals surface area contributed by atoms with Crippen LogP contribution in [0.1, 0.15) is 52.9 Å². The Balaban J connectivity index is 2.34. The molecule has 1 rings (SSSR count). The van der Waals surface area contributed by atoms with Gasteiger partial charge in [0.1, 0.15) is 0 Å². The third-order valence-electron chi connectivity index (χ3n) is 3.43. The molecule has 0 radical (unpaired) electrons. The van der Waals surface area contributed by atoms with Gasteiger partial charge in [0.05, 0.1) is 0 Å². The van der Waals surface area contributed by atoms with Gasteiger partial charge in [-0.3, -0.25) is 4.90 Å². The molecule has 0 amide bonds. The molecule has 1 aliphatic heterocycles. The fraction of sp³-hybridized carbons (Fsp3) is 1.00. The Labute approximate surface area is 95.4 Å². The number of likely N-dealkylation sites (N-methyl/N-ethyl adjacent to an activating group) is 1. The van der Waals surface area contributed by atoms with Crippen molar-refractivity contribution in [3.63, 3.8) is 0 Å². The van der Waals surface area contributed by atoms with Crippen molar-refractivity contribution in [1.82, 2.24) is 10.2 Å². The van der Waals surface area contributed by atoms with Crippen LogP contribution in [-0.4, -0.2) is 36.6 Å². The SMILES string of the molecule is CCCC1CCCCN1CC(C)NCC. The van der Waals surface area contributed by atoms with Crippen LogP contribution < -0.4 is 5.32 Å². The van der Waals surface area contributed by atoms with Crippen LogP contribution in [0.5, 0.6) is 0 Å². The van der Waals surface area contributed by atoms with E-state index < -0.39 is 0 Å². The Kier molecular flexibility index (Phi) is 6.26. The molecule has 2 atom stereocenters. The van der Waals surface area contributed by atoms with E-state index in [9.17, 15) is 0 Å². The van der Waals surface area contributed by atoms with Crippen molar-refractivity contribution >= 4 is 0 Å². The highest BCUT2D eigenvalue weighted by molar-refractivity contribution is 4.79. The van der Waals surface area contributed by atoms with E-state index in [1.54, 1.807) is 0 Å². The van der Waals surface area contributed by atoms with Gasteiger partial charge in [0.15, 0.2) is 0 Å². The van der Waals surface area contributed by atoms with Gasteiger partial charge < -0.3 is 5.32 Å². The summed E-state index contributed by atoms with van der Waals surface area (Å²) in [5, 5.41) is 3.51. The number of likely N-dealkylation sites (tertiary alicyclic amines) is 1. The van der Waals surface area contributed by atoms with Crippen molar-refractivity contribution in [3.8, 4) is 0 Å². The minimum atomic E-state index is 0.646. The second-order valence-corrected chi connectivity index (χ2v) is 4.89. The Bertz CT molecular complexity index is 157. The predicted octanol–water partition coefficient (Wildman–Crippen LogP) is 2.64. The molecule has 0 bridgehead atoms. The first-order chi connectivity index (χ1) is 7.27. The molecule has 90 valence electrons. The molecule has 1 heterocycles. The normalized spacial score (nSPS) is 25.4. The lowest BCUT2D eigenvalue weighted by molar-refractivity contribution is 0.128. The number of nitrogens with one attached hydrogen (secondary N) is 1. The van der Waals surface area contributed by atoms with E-state index in [1.165, 1.54) is 45.2 Å². The molecule has 0 aliphatic carbocycles. The van der Waals surface area contributed by atoms with Crippen LogP contribution in [0.15, 0.2) is 0 Å². The number of rotatable bonds is 6. The maximum atomic E-state index is 3.51. The van der Waals surface area contributed by atoms with Crippen molar-refractivity contribution in [2.45, 2.75) is 65.0 Å². The summed E-state index contributed by atoms with van der Waals surface area (Å²) in [4.78, 5) is 2.71. The number of hydrogen-bond donors (Lipinski definition) is 1. The van der Waals surface area contributed by atoms with Crippen LogP contribution in [0.25, 0.3) is 0 Å². The van der Waals surface area contributed by atoms with Crippen LogP contribution in [0.3, 0.4) is 0 Å². The molecule has 1 aliphatic rings. The van der Waals surface area contributed by atoms with Crippen molar-refractivity contribution in [1.29, 1.82) is 0 Å². The summed E-state index contributed by atoms with van der Waals surface area (Å²) in [6, 6.07) is 1.51. The highest BCUT2D eigenvalue weighted by atomic mass is 15.2. The molecule has 0 aromatic rings. The summed E-state index contributed by atoms with van der Waals surface area (Å²) in [7, 11) is 0. The van der Waals surface area contributed by atoms with E-state index >= 15 is 0 Å². The van der Waals surface area contributed by atoms with E-state index in [-0.39, 0.29) is 0 Å². The number of piperidine rings is 1. The third-order valence-corrected chi connectivity index (χ3v) is 3.43.